The monoisotopic (exact) mass is 417 g/mol. The SMILES string of the molecule is CN1C(=O)CC(C(=O)Nc2ccc(C(=O)O)cc2)SC1=Nc1cccc(Cl)c1. The maximum Gasteiger partial charge on any atom is 0.335 e. The van der Waals surface area contributed by atoms with Crippen molar-refractivity contribution in [3.8, 4) is 0 Å². The van der Waals surface area contributed by atoms with E-state index in [9.17, 15) is 14.4 Å². The quantitative estimate of drug-likeness (QED) is 0.791. The molecular weight excluding hydrogens is 402 g/mol. The molecule has 1 heterocycles. The van der Waals surface area contributed by atoms with E-state index >= 15 is 0 Å². The highest BCUT2D eigenvalue weighted by Gasteiger charge is 2.34. The smallest absolute Gasteiger partial charge is 0.335 e. The second-order valence-corrected chi connectivity index (χ2v) is 7.62. The van der Waals surface area contributed by atoms with Crippen LogP contribution >= 0.6 is 23.4 Å². The van der Waals surface area contributed by atoms with Gasteiger partial charge in [0, 0.05) is 24.2 Å². The zero-order valence-corrected chi connectivity index (χ0v) is 16.3. The molecule has 2 aromatic carbocycles. The van der Waals surface area contributed by atoms with Crippen molar-refractivity contribution in [1.82, 2.24) is 4.90 Å². The van der Waals surface area contributed by atoms with Crippen molar-refractivity contribution < 1.29 is 19.5 Å². The van der Waals surface area contributed by atoms with Crippen LogP contribution in [0.1, 0.15) is 16.8 Å². The zero-order valence-electron chi connectivity index (χ0n) is 14.8. The van der Waals surface area contributed by atoms with Gasteiger partial charge in [-0.1, -0.05) is 29.4 Å². The molecule has 9 heteroatoms. The summed E-state index contributed by atoms with van der Waals surface area (Å²) in [5.74, 6) is -1.62. The van der Waals surface area contributed by atoms with Crippen molar-refractivity contribution in [2.24, 2.45) is 4.99 Å². The number of hydrogen-bond donors (Lipinski definition) is 2. The number of carboxylic acid groups (broad SMARTS) is 1. The number of carboxylic acids is 1. The summed E-state index contributed by atoms with van der Waals surface area (Å²) < 4.78 is 0. The van der Waals surface area contributed by atoms with Gasteiger partial charge in [0.05, 0.1) is 11.3 Å². The molecule has 1 aliphatic rings. The van der Waals surface area contributed by atoms with E-state index in [0.29, 0.717) is 21.6 Å². The minimum atomic E-state index is -1.05. The fraction of sp³-hybridized carbons (Fsp3) is 0.158. The Hall–Kier alpha value is -2.84. The number of benzene rings is 2. The number of thioether (sulfide) groups is 1. The number of carbonyl (C=O) groups is 3. The van der Waals surface area contributed by atoms with Crippen LogP contribution in [0.5, 0.6) is 0 Å². The average Bonchev–Trinajstić information content (AvgIpc) is 2.65. The number of rotatable bonds is 4. The van der Waals surface area contributed by atoms with E-state index in [4.69, 9.17) is 16.7 Å². The number of halogens is 1. The van der Waals surface area contributed by atoms with E-state index in [1.54, 1.807) is 31.3 Å². The Morgan fingerprint density at radius 3 is 2.61 bits per heavy atom. The van der Waals surface area contributed by atoms with E-state index in [2.05, 4.69) is 10.3 Å². The van der Waals surface area contributed by atoms with Crippen molar-refractivity contribution in [2.75, 3.05) is 12.4 Å². The summed E-state index contributed by atoms with van der Waals surface area (Å²) in [5.41, 5.74) is 1.16. The van der Waals surface area contributed by atoms with Gasteiger partial charge in [0.25, 0.3) is 0 Å². The van der Waals surface area contributed by atoms with Crippen molar-refractivity contribution in [2.45, 2.75) is 11.7 Å². The Bertz CT molecular complexity index is 962. The van der Waals surface area contributed by atoms with Crippen LogP contribution in [0, 0.1) is 0 Å². The highest BCUT2D eigenvalue weighted by atomic mass is 35.5. The van der Waals surface area contributed by atoms with Gasteiger partial charge in [-0.3, -0.25) is 14.5 Å². The van der Waals surface area contributed by atoms with Crippen LogP contribution in [0.25, 0.3) is 0 Å². The Labute approximate surface area is 170 Å². The van der Waals surface area contributed by atoms with Gasteiger partial charge in [-0.25, -0.2) is 9.79 Å². The maximum absolute atomic E-state index is 12.6. The molecule has 28 heavy (non-hydrogen) atoms. The lowest BCUT2D eigenvalue weighted by Gasteiger charge is -2.28. The molecule has 3 rings (SSSR count). The van der Waals surface area contributed by atoms with Gasteiger partial charge in [-0.15, -0.1) is 0 Å². The van der Waals surface area contributed by atoms with E-state index in [1.165, 1.54) is 40.9 Å². The first kappa shape index (κ1) is 19.9. The summed E-state index contributed by atoms with van der Waals surface area (Å²) >= 11 is 7.16. The molecule has 1 fully saturated rings. The highest BCUT2D eigenvalue weighted by Crippen LogP contribution is 2.29. The summed E-state index contributed by atoms with van der Waals surface area (Å²) in [6.45, 7) is 0. The number of aromatic carboxylic acids is 1. The molecule has 1 aliphatic heterocycles. The van der Waals surface area contributed by atoms with E-state index in [-0.39, 0.29) is 23.8 Å². The van der Waals surface area contributed by atoms with Gasteiger partial charge < -0.3 is 10.4 Å². The van der Waals surface area contributed by atoms with Gasteiger partial charge in [-0.2, -0.15) is 0 Å². The summed E-state index contributed by atoms with van der Waals surface area (Å²) in [7, 11) is 1.61. The van der Waals surface area contributed by atoms with E-state index in [0.717, 1.165) is 0 Å². The third-order valence-electron chi connectivity index (χ3n) is 3.99. The minimum absolute atomic E-state index is 0.0365. The van der Waals surface area contributed by atoms with Crippen LogP contribution in [0.4, 0.5) is 11.4 Å². The van der Waals surface area contributed by atoms with Crippen molar-refractivity contribution >= 4 is 57.7 Å². The molecule has 2 amide bonds. The molecular formula is C19H16ClN3O4S. The number of nitrogens with zero attached hydrogens (tertiary/aromatic N) is 2. The van der Waals surface area contributed by atoms with Crippen molar-refractivity contribution in [1.29, 1.82) is 0 Å². The van der Waals surface area contributed by atoms with Crippen molar-refractivity contribution in [3.63, 3.8) is 0 Å². The molecule has 0 saturated carbocycles. The lowest BCUT2D eigenvalue weighted by atomic mass is 10.2. The minimum Gasteiger partial charge on any atom is -0.478 e. The number of amides is 2. The molecule has 0 radical (unpaired) electrons. The number of carbonyl (C=O) groups excluding carboxylic acids is 2. The Kier molecular flexibility index (Phi) is 6.01. The van der Waals surface area contributed by atoms with Gasteiger partial charge >= 0.3 is 5.97 Å². The molecule has 1 saturated heterocycles. The third kappa shape index (κ3) is 4.71. The summed E-state index contributed by atoms with van der Waals surface area (Å²) in [4.78, 5) is 41.7. The van der Waals surface area contributed by atoms with Crippen LogP contribution in [0.3, 0.4) is 0 Å². The van der Waals surface area contributed by atoms with Gasteiger partial charge in [0.15, 0.2) is 5.17 Å². The fourth-order valence-corrected chi connectivity index (χ4v) is 3.72. The lowest BCUT2D eigenvalue weighted by molar-refractivity contribution is -0.128. The number of hydrogen-bond acceptors (Lipinski definition) is 5. The van der Waals surface area contributed by atoms with Crippen LogP contribution in [0.15, 0.2) is 53.5 Å². The van der Waals surface area contributed by atoms with Gasteiger partial charge in [0.2, 0.25) is 11.8 Å². The fourth-order valence-electron chi connectivity index (χ4n) is 2.47. The number of anilines is 1. The van der Waals surface area contributed by atoms with Crippen LogP contribution in [-0.2, 0) is 9.59 Å². The van der Waals surface area contributed by atoms with Crippen LogP contribution in [0.2, 0.25) is 5.02 Å². The topological polar surface area (TPSA) is 99.1 Å². The first-order valence-electron chi connectivity index (χ1n) is 8.25. The van der Waals surface area contributed by atoms with Gasteiger partial charge in [-0.05, 0) is 42.5 Å². The summed E-state index contributed by atoms with van der Waals surface area (Å²) in [5, 5.41) is 11.9. The molecule has 144 valence electrons. The second-order valence-electron chi connectivity index (χ2n) is 6.01. The Morgan fingerprint density at radius 1 is 1.25 bits per heavy atom. The molecule has 0 aromatic heterocycles. The third-order valence-corrected chi connectivity index (χ3v) is 5.47. The normalized spacial score (nSPS) is 18.2. The highest BCUT2D eigenvalue weighted by molar-refractivity contribution is 8.15. The van der Waals surface area contributed by atoms with Crippen LogP contribution < -0.4 is 5.32 Å². The van der Waals surface area contributed by atoms with Crippen molar-refractivity contribution in [3.05, 3.63) is 59.1 Å². The lowest BCUT2D eigenvalue weighted by Crippen LogP contribution is -2.43. The first-order chi connectivity index (χ1) is 13.3. The summed E-state index contributed by atoms with van der Waals surface area (Å²) in [6.07, 6.45) is 0.0365. The maximum atomic E-state index is 12.6. The molecule has 0 bridgehead atoms. The Balaban J connectivity index is 1.75. The molecule has 1 unspecified atom stereocenters. The van der Waals surface area contributed by atoms with E-state index < -0.39 is 11.2 Å². The molecule has 2 N–H and O–H groups in total. The number of amidine groups is 1. The number of aliphatic imine (C=N–C) groups is 1. The second kappa shape index (κ2) is 8.45. The predicted octanol–water partition coefficient (Wildman–Crippen LogP) is 3.63. The molecule has 7 nitrogen and oxygen atoms in total. The standard InChI is InChI=1S/C19H16ClN3O4S/c1-23-16(24)10-15(28-19(23)22-14-4-2-3-12(20)9-14)17(25)21-13-7-5-11(6-8-13)18(26)27/h2-9,15H,10H2,1H3,(H,21,25)(H,26,27). The number of nitrogens with one attached hydrogen (secondary N) is 1. The zero-order chi connectivity index (χ0) is 20.3. The molecule has 0 aliphatic carbocycles. The average molecular weight is 418 g/mol. The molecule has 2 aromatic rings. The molecule has 0 spiro atoms. The van der Waals surface area contributed by atoms with E-state index in [1.807, 2.05) is 0 Å². The summed E-state index contributed by atoms with van der Waals surface area (Å²) in [6, 6.07) is 12.7. The first-order valence-corrected chi connectivity index (χ1v) is 9.51. The predicted molar refractivity (Wildman–Crippen MR) is 109 cm³/mol. The Morgan fingerprint density at radius 2 is 1.96 bits per heavy atom. The van der Waals surface area contributed by atoms with Crippen LogP contribution in [-0.4, -0.2) is 45.3 Å². The van der Waals surface area contributed by atoms with Gasteiger partial charge in [0.1, 0.15) is 5.25 Å². The molecule has 1 atom stereocenters. The largest absolute Gasteiger partial charge is 0.478 e.